The Morgan fingerprint density at radius 3 is 2.36 bits per heavy atom. The second-order valence-corrected chi connectivity index (χ2v) is 5.67. The van der Waals surface area contributed by atoms with E-state index in [-0.39, 0.29) is 12.5 Å². The van der Waals surface area contributed by atoms with Crippen LogP contribution in [0.4, 0.5) is 0 Å². The molecule has 0 saturated heterocycles. The summed E-state index contributed by atoms with van der Waals surface area (Å²) in [6.45, 7) is 5.03. The Morgan fingerprint density at radius 1 is 1.43 bits per heavy atom. The first-order valence-corrected chi connectivity index (χ1v) is 6.82. The summed E-state index contributed by atoms with van der Waals surface area (Å²) in [4.78, 5) is 0. The molecule has 14 heavy (non-hydrogen) atoms. The van der Waals surface area contributed by atoms with Gasteiger partial charge < -0.3 is 5.11 Å². The molecule has 4 nitrogen and oxygen atoms in total. The first kappa shape index (κ1) is 13.9. The smallest absolute Gasteiger partial charge is 0.211 e. The van der Waals surface area contributed by atoms with Crippen LogP contribution in [0.3, 0.4) is 0 Å². The highest BCUT2D eigenvalue weighted by Gasteiger charge is 2.13. The molecule has 0 spiro atoms. The van der Waals surface area contributed by atoms with Gasteiger partial charge in [-0.25, -0.2) is 12.7 Å². The second-order valence-electron chi connectivity index (χ2n) is 3.68. The third-order valence-electron chi connectivity index (χ3n) is 2.24. The Bertz CT molecular complexity index is 238. The molecule has 86 valence electrons. The van der Waals surface area contributed by atoms with Crippen LogP contribution in [0.1, 0.15) is 26.7 Å². The van der Waals surface area contributed by atoms with Gasteiger partial charge in [-0.1, -0.05) is 13.8 Å². The molecular weight excluding hydrogens is 202 g/mol. The fourth-order valence-electron chi connectivity index (χ4n) is 1.27. The average Bonchev–Trinajstić information content (AvgIpc) is 2.09. The zero-order valence-corrected chi connectivity index (χ0v) is 10.0. The number of hydrogen-bond donors (Lipinski definition) is 1. The average molecular weight is 223 g/mol. The number of sulfonamides is 1. The lowest BCUT2D eigenvalue weighted by molar-refractivity contribution is 0.225. The van der Waals surface area contributed by atoms with E-state index >= 15 is 0 Å². The quantitative estimate of drug-likeness (QED) is 0.690. The van der Waals surface area contributed by atoms with Crippen LogP contribution >= 0.6 is 0 Å². The molecule has 0 aromatic rings. The lowest BCUT2D eigenvalue weighted by atomic mass is 10.1. The minimum Gasteiger partial charge on any atom is -0.396 e. The molecule has 5 heteroatoms. The van der Waals surface area contributed by atoms with Gasteiger partial charge in [-0.15, -0.1) is 0 Å². The molecule has 0 heterocycles. The van der Waals surface area contributed by atoms with Crippen LogP contribution in [0.25, 0.3) is 0 Å². The fourth-order valence-corrected chi connectivity index (χ4v) is 2.20. The SMILES string of the molecule is CCN(CCCC(C)CO)S(C)(=O)=O. The van der Waals surface area contributed by atoms with E-state index in [1.165, 1.54) is 10.6 Å². The van der Waals surface area contributed by atoms with E-state index in [2.05, 4.69) is 0 Å². The summed E-state index contributed by atoms with van der Waals surface area (Å²) in [5.41, 5.74) is 0. The monoisotopic (exact) mass is 223 g/mol. The van der Waals surface area contributed by atoms with Gasteiger partial charge in [0.15, 0.2) is 0 Å². The Labute approximate surface area is 87.0 Å². The van der Waals surface area contributed by atoms with Crippen molar-refractivity contribution in [3.8, 4) is 0 Å². The number of nitrogens with zero attached hydrogens (tertiary/aromatic N) is 1. The van der Waals surface area contributed by atoms with Crippen molar-refractivity contribution < 1.29 is 13.5 Å². The van der Waals surface area contributed by atoms with Gasteiger partial charge >= 0.3 is 0 Å². The van der Waals surface area contributed by atoms with Gasteiger partial charge in [-0.2, -0.15) is 0 Å². The van der Waals surface area contributed by atoms with Crippen LogP contribution in [0.5, 0.6) is 0 Å². The fraction of sp³-hybridized carbons (Fsp3) is 1.00. The Morgan fingerprint density at radius 2 is 2.00 bits per heavy atom. The normalized spacial score (nSPS) is 14.6. The van der Waals surface area contributed by atoms with Gasteiger partial charge in [0.1, 0.15) is 0 Å². The summed E-state index contributed by atoms with van der Waals surface area (Å²) in [5.74, 6) is 0.258. The summed E-state index contributed by atoms with van der Waals surface area (Å²) >= 11 is 0. The van der Waals surface area contributed by atoms with Crippen LogP contribution in [0, 0.1) is 5.92 Å². The van der Waals surface area contributed by atoms with E-state index in [1.807, 2.05) is 13.8 Å². The van der Waals surface area contributed by atoms with Crippen molar-refractivity contribution in [3.63, 3.8) is 0 Å². The van der Waals surface area contributed by atoms with Crippen molar-refractivity contribution in [2.24, 2.45) is 5.92 Å². The van der Waals surface area contributed by atoms with Crippen molar-refractivity contribution in [1.82, 2.24) is 4.31 Å². The zero-order valence-electron chi connectivity index (χ0n) is 9.23. The molecule has 1 atom stereocenters. The molecule has 1 unspecified atom stereocenters. The van der Waals surface area contributed by atoms with Crippen LogP contribution in [-0.4, -0.2) is 43.8 Å². The van der Waals surface area contributed by atoms with Crippen molar-refractivity contribution in [1.29, 1.82) is 0 Å². The molecule has 0 aliphatic carbocycles. The number of aliphatic hydroxyl groups is 1. The summed E-state index contributed by atoms with van der Waals surface area (Å²) in [6.07, 6.45) is 2.90. The molecule has 0 amide bonds. The van der Waals surface area contributed by atoms with Gasteiger partial charge in [0.2, 0.25) is 10.0 Å². The predicted molar refractivity (Wildman–Crippen MR) is 57.6 cm³/mol. The van der Waals surface area contributed by atoms with Crippen LogP contribution in [0.2, 0.25) is 0 Å². The molecule has 1 N–H and O–H groups in total. The number of aliphatic hydroxyl groups excluding tert-OH is 1. The summed E-state index contributed by atoms with van der Waals surface area (Å²) in [5, 5.41) is 8.79. The van der Waals surface area contributed by atoms with Gasteiger partial charge in [0, 0.05) is 19.7 Å². The topological polar surface area (TPSA) is 57.6 Å². The largest absolute Gasteiger partial charge is 0.396 e. The summed E-state index contributed by atoms with van der Waals surface area (Å²) in [7, 11) is -3.05. The molecule has 0 aromatic carbocycles. The summed E-state index contributed by atoms with van der Waals surface area (Å²) in [6, 6.07) is 0. The van der Waals surface area contributed by atoms with Gasteiger partial charge in [-0.3, -0.25) is 0 Å². The maximum atomic E-state index is 11.2. The predicted octanol–water partition coefficient (Wildman–Crippen LogP) is 0.676. The van der Waals surface area contributed by atoms with E-state index in [9.17, 15) is 8.42 Å². The molecule has 0 saturated carbocycles. The highest BCUT2D eigenvalue weighted by molar-refractivity contribution is 7.88. The lowest BCUT2D eigenvalue weighted by Crippen LogP contribution is -2.30. The molecular formula is C9H21NO3S. The van der Waals surface area contributed by atoms with Crippen molar-refractivity contribution >= 4 is 10.0 Å². The van der Waals surface area contributed by atoms with E-state index < -0.39 is 10.0 Å². The standard InChI is InChI=1S/C9H21NO3S/c1-4-10(14(3,12)13)7-5-6-9(2)8-11/h9,11H,4-8H2,1-3H3. The van der Waals surface area contributed by atoms with E-state index in [0.29, 0.717) is 13.1 Å². The molecule has 0 aliphatic rings. The van der Waals surface area contributed by atoms with Crippen molar-refractivity contribution in [3.05, 3.63) is 0 Å². The highest BCUT2D eigenvalue weighted by Crippen LogP contribution is 2.07. The molecule has 0 fully saturated rings. The molecule has 0 radical (unpaired) electrons. The lowest BCUT2D eigenvalue weighted by Gasteiger charge is -2.18. The van der Waals surface area contributed by atoms with Crippen LogP contribution in [-0.2, 0) is 10.0 Å². The Kier molecular flexibility index (Phi) is 6.31. The molecule has 0 aromatic heterocycles. The van der Waals surface area contributed by atoms with Gasteiger partial charge in [0.05, 0.1) is 6.26 Å². The molecule has 0 aliphatic heterocycles. The maximum absolute atomic E-state index is 11.2. The minimum absolute atomic E-state index is 0.172. The minimum atomic E-state index is -3.05. The van der Waals surface area contributed by atoms with E-state index in [4.69, 9.17) is 5.11 Å². The highest BCUT2D eigenvalue weighted by atomic mass is 32.2. The zero-order chi connectivity index (χ0) is 11.2. The van der Waals surface area contributed by atoms with Gasteiger partial charge in [0.25, 0.3) is 0 Å². The third kappa shape index (κ3) is 5.57. The first-order chi connectivity index (χ1) is 6.41. The van der Waals surface area contributed by atoms with Gasteiger partial charge in [-0.05, 0) is 18.8 Å². The molecule has 0 bridgehead atoms. The Balaban J connectivity index is 3.87. The third-order valence-corrected chi connectivity index (χ3v) is 3.62. The van der Waals surface area contributed by atoms with E-state index in [0.717, 1.165) is 12.8 Å². The summed E-state index contributed by atoms with van der Waals surface area (Å²) < 4.78 is 23.8. The van der Waals surface area contributed by atoms with Crippen LogP contribution in [0.15, 0.2) is 0 Å². The first-order valence-electron chi connectivity index (χ1n) is 4.97. The van der Waals surface area contributed by atoms with Crippen LogP contribution < -0.4 is 0 Å². The van der Waals surface area contributed by atoms with Crippen molar-refractivity contribution in [2.45, 2.75) is 26.7 Å². The van der Waals surface area contributed by atoms with Crippen molar-refractivity contribution in [2.75, 3.05) is 26.0 Å². The number of rotatable bonds is 7. The second kappa shape index (κ2) is 6.37. The molecule has 0 rings (SSSR count). The Hall–Kier alpha value is -0.130. The van der Waals surface area contributed by atoms with E-state index in [1.54, 1.807) is 0 Å². The number of hydrogen-bond acceptors (Lipinski definition) is 3. The maximum Gasteiger partial charge on any atom is 0.211 e.